The zero-order valence-electron chi connectivity index (χ0n) is 13.0. The Balaban J connectivity index is 2.39. The van der Waals surface area contributed by atoms with Gasteiger partial charge in [-0.1, -0.05) is 6.92 Å². The molecule has 0 bridgehead atoms. The number of nitrogens with zero attached hydrogens (tertiary/aromatic N) is 1. The highest BCUT2D eigenvalue weighted by molar-refractivity contribution is 4.86. The minimum Gasteiger partial charge on any atom is -0.385 e. The van der Waals surface area contributed by atoms with Gasteiger partial charge in [0.2, 0.25) is 0 Å². The van der Waals surface area contributed by atoms with E-state index < -0.39 is 0 Å². The molecule has 1 saturated heterocycles. The molecule has 1 atom stereocenters. The van der Waals surface area contributed by atoms with E-state index in [2.05, 4.69) is 24.2 Å². The molecule has 0 spiro atoms. The number of methoxy groups -OCH3 is 1. The molecule has 1 aliphatic rings. The Hall–Kier alpha value is -0.160. The predicted molar refractivity (Wildman–Crippen MR) is 79.6 cm³/mol. The number of nitrogens with one attached hydrogen (secondary N) is 1. The van der Waals surface area contributed by atoms with Crippen LogP contribution in [0.3, 0.4) is 0 Å². The summed E-state index contributed by atoms with van der Waals surface area (Å²) in [4.78, 5) is 2.43. The molecule has 0 aromatic carbocycles. The van der Waals surface area contributed by atoms with Gasteiger partial charge in [-0.3, -0.25) is 0 Å². The zero-order valence-corrected chi connectivity index (χ0v) is 13.0. The Labute approximate surface area is 118 Å². The molecule has 4 nitrogen and oxygen atoms in total. The molecule has 0 aromatic heterocycles. The van der Waals surface area contributed by atoms with Crippen LogP contribution in [-0.4, -0.2) is 65.1 Å². The molecule has 1 unspecified atom stereocenters. The second-order valence-electron chi connectivity index (χ2n) is 5.92. The van der Waals surface area contributed by atoms with Gasteiger partial charge < -0.3 is 19.7 Å². The molecule has 0 amide bonds. The second-order valence-corrected chi connectivity index (χ2v) is 5.92. The van der Waals surface area contributed by atoms with Crippen LogP contribution in [0, 0.1) is 5.41 Å². The first-order chi connectivity index (χ1) is 9.22. The van der Waals surface area contributed by atoms with E-state index in [0.717, 1.165) is 52.4 Å². The molecule has 1 heterocycles. The molecule has 1 rings (SSSR count). The van der Waals surface area contributed by atoms with E-state index in [1.807, 2.05) is 0 Å². The summed E-state index contributed by atoms with van der Waals surface area (Å²) in [6.07, 6.45) is 4.77. The lowest BCUT2D eigenvalue weighted by Crippen LogP contribution is -2.48. The van der Waals surface area contributed by atoms with E-state index >= 15 is 0 Å². The van der Waals surface area contributed by atoms with Crippen molar-refractivity contribution in [1.82, 2.24) is 10.2 Å². The molecule has 1 fully saturated rings. The van der Waals surface area contributed by atoms with Gasteiger partial charge in [-0.05, 0) is 39.3 Å². The lowest BCUT2D eigenvalue weighted by molar-refractivity contribution is -0.0232. The molecule has 1 aliphatic heterocycles. The van der Waals surface area contributed by atoms with Crippen molar-refractivity contribution in [2.45, 2.75) is 32.6 Å². The van der Waals surface area contributed by atoms with E-state index in [1.165, 1.54) is 19.3 Å². The van der Waals surface area contributed by atoms with Crippen molar-refractivity contribution in [3.63, 3.8) is 0 Å². The molecule has 114 valence electrons. The average Bonchev–Trinajstić information content (AvgIpc) is 2.40. The highest BCUT2D eigenvalue weighted by Gasteiger charge is 2.33. The average molecular weight is 272 g/mol. The molecular weight excluding hydrogens is 240 g/mol. The van der Waals surface area contributed by atoms with Crippen molar-refractivity contribution in [3.8, 4) is 0 Å². The third-order valence-corrected chi connectivity index (χ3v) is 3.82. The smallest absolute Gasteiger partial charge is 0.0546 e. The first kappa shape index (κ1) is 16.9. The lowest BCUT2D eigenvalue weighted by atomic mass is 9.81. The summed E-state index contributed by atoms with van der Waals surface area (Å²) in [6, 6.07) is 0. The van der Waals surface area contributed by atoms with Gasteiger partial charge in [0.25, 0.3) is 0 Å². The van der Waals surface area contributed by atoms with Gasteiger partial charge in [-0.25, -0.2) is 0 Å². The van der Waals surface area contributed by atoms with Gasteiger partial charge in [0.05, 0.1) is 6.61 Å². The van der Waals surface area contributed by atoms with Crippen molar-refractivity contribution in [1.29, 1.82) is 0 Å². The molecular formula is C15H32N2O2. The molecule has 0 radical (unpaired) electrons. The first-order valence-corrected chi connectivity index (χ1v) is 7.68. The fraction of sp³-hybridized carbons (Fsp3) is 1.00. The van der Waals surface area contributed by atoms with Gasteiger partial charge in [-0.15, -0.1) is 0 Å². The van der Waals surface area contributed by atoms with Crippen molar-refractivity contribution in [2.75, 3.05) is 60.2 Å². The zero-order chi connectivity index (χ0) is 14.0. The van der Waals surface area contributed by atoms with Gasteiger partial charge in [0, 0.05) is 45.4 Å². The summed E-state index contributed by atoms with van der Waals surface area (Å²) in [5, 5.41) is 3.59. The summed E-state index contributed by atoms with van der Waals surface area (Å²) in [5.41, 5.74) is 0.301. The molecule has 0 saturated carbocycles. The van der Waals surface area contributed by atoms with Crippen molar-refractivity contribution < 1.29 is 9.47 Å². The molecule has 19 heavy (non-hydrogen) atoms. The van der Waals surface area contributed by atoms with Gasteiger partial charge >= 0.3 is 0 Å². The molecule has 0 aromatic rings. The maximum Gasteiger partial charge on any atom is 0.0546 e. The topological polar surface area (TPSA) is 33.7 Å². The highest BCUT2D eigenvalue weighted by Crippen LogP contribution is 2.28. The van der Waals surface area contributed by atoms with E-state index in [0.29, 0.717) is 5.41 Å². The summed E-state index contributed by atoms with van der Waals surface area (Å²) < 4.78 is 10.9. The number of ether oxygens (including phenoxy) is 2. The van der Waals surface area contributed by atoms with Gasteiger partial charge in [-0.2, -0.15) is 0 Å². The largest absolute Gasteiger partial charge is 0.385 e. The van der Waals surface area contributed by atoms with Crippen LogP contribution >= 0.6 is 0 Å². The molecule has 1 N–H and O–H groups in total. The van der Waals surface area contributed by atoms with Gasteiger partial charge in [0.15, 0.2) is 0 Å². The van der Waals surface area contributed by atoms with E-state index in [-0.39, 0.29) is 0 Å². The normalized spacial score (nSPS) is 24.0. The Morgan fingerprint density at radius 2 is 2.26 bits per heavy atom. The van der Waals surface area contributed by atoms with Crippen molar-refractivity contribution >= 4 is 0 Å². The van der Waals surface area contributed by atoms with E-state index in [9.17, 15) is 0 Å². The monoisotopic (exact) mass is 272 g/mol. The third kappa shape index (κ3) is 6.70. The van der Waals surface area contributed by atoms with Crippen LogP contribution in [0.15, 0.2) is 0 Å². The van der Waals surface area contributed by atoms with Crippen LogP contribution in [-0.2, 0) is 9.47 Å². The summed E-state index contributed by atoms with van der Waals surface area (Å²) in [7, 11) is 3.98. The standard InChI is InChI=1S/C15H32N2O2/c1-4-8-16-12-15(7-5-11-19-14-15)13-17(2)9-6-10-18-3/h16H,4-14H2,1-3H3. The predicted octanol–water partition coefficient (Wildman–Crippen LogP) is 1.75. The van der Waals surface area contributed by atoms with Crippen LogP contribution in [0.25, 0.3) is 0 Å². The summed E-state index contributed by atoms with van der Waals surface area (Å²) in [6.45, 7) is 9.30. The van der Waals surface area contributed by atoms with E-state index in [1.54, 1.807) is 7.11 Å². The minimum absolute atomic E-state index is 0.301. The van der Waals surface area contributed by atoms with Crippen LogP contribution in [0.2, 0.25) is 0 Å². The summed E-state index contributed by atoms with van der Waals surface area (Å²) >= 11 is 0. The maximum atomic E-state index is 5.75. The van der Waals surface area contributed by atoms with Gasteiger partial charge in [0.1, 0.15) is 0 Å². The number of hydrogen-bond acceptors (Lipinski definition) is 4. The molecule has 0 aliphatic carbocycles. The Bertz CT molecular complexity index is 218. The summed E-state index contributed by atoms with van der Waals surface area (Å²) in [5.74, 6) is 0. The van der Waals surface area contributed by atoms with Crippen LogP contribution < -0.4 is 5.32 Å². The Morgan fingerprint density at radius 3 is 2.89 bits per heavy atom. The van der Waals surface area contributed by atoms with E-state index in [4.69, 9.17) is 9.47 Å². The van der Waals surface area contributed by atoms with Crippen LogP contribution in [0.4, 0.5) is 0 Å². The van der Waals surface area contributed by atoms with Crippen LogP contribution in [0.5, 0.6) is 0 Å². The van der Waals surface area contributed by atoms with Crippen LogP contribution in [0.1, 0.15) is 32.6 Å². The first-order valence-electron chi connectivity index (χ1n) is 7.68. The lowest BCUT2D eigenvalue weighted by Gasteiger charge is -2.40. The van der Waals surface area contributed by atoms with Crippen molar-refractivity contribution in [3.05, 3.63) is 0 Å². The fourth-order valence-electron chi connectivity index (χ4n) is 2.89. The quantitative estimate of drug-likeness (QED) is 0.614. The maximum absolute atomic E-state index is 5.75. The highest BCUT2D eigenvalue weighted by atomic mass is 16.5. The minimum atomic E-state index is 0.301. The van der Waals surface area contributed by atoms with Crippen molar-refractivity contribution in [2.24, 2.45) is 5.41 Å². The Kier molecular flexibility index (Phi) is 8.62. The third-order valence-electron chi connectivity index (χ3n) is 3.82. The fourth-order valence-corrected chi connectivity index (χ4v) is 2.89. The number of hydrogen-bond donors (Lipinski definition) is 1. The SMILES string of the molecule is CCCNCC1(CN(C)CCCOC)CCCOC1. The molecule has 4 heteroatoms. The second kappa shape index (κ2) is 9.70. The number of rotatable bonds is 10. The Morgan fingerprint density at radius 1 is 1.42 bits per heavy atom.